The number of benzene rings is 3. The molecule has 280 valence electrons. The number of nitrogens with zero attached hydrogens (tertiary/aromatic N) is 2. The lowest BCUT2D eigenvalue weighted by Crippen LogP contribution is -2.67. The number of aryl methyl sites for hydroxylation is 1. The van der Waals surface area contributed by atoms with Crippen molar-refractivity contribution in [2.75, 3.05) is 20.3 Å². The Hall–Kier alpha value is -3.99. The number of methoxy groups -OCH3 is 1. The Morgan fingerprint density at radius 2 is 1.54 bits per heavy atom. The molecule has 2 aliphatic heterocycles. The number of amidine groups is 1. The number of piperidine rings is 1. The van der Waals surface area contributed by atoms with E-state index in [0.29, 0.717) is 38.2 Å². The minimum Gasteiger partial charge on any atom is -0.487 e. The van der Waals surface area contributed by atoms with E-state index in [-0.39, 0.29) is 35.1 Å². The van der Waals surface area contributed by atoms with Crippen LogP contribution in [0.3, 0.4) is 0 Å². The lowest BCUT2D eigenvalue weighted by atomic mass is 9.87. The molecule has 0 aromatic heterocycles. The highest BCUT2D eigenvalue weighted by Crippen LogP contribution is 2.38. The van der Waals surface area contributed by atoms with Gasteiger partial charge in [-0.3, -0.25) is 9.79 Å². The summed E-state index contributed by atoms with van der Waals surface area (Å²) < 4.78 is 25.1. The summed E-state index contributed by atoms with van der Waals surface area (Å²) in [4.78, 5) is 32.9. The summed E-state index contributed by atoms with van der Waals surface area (Å²) in [7, 11) is -1.32. The van der Waals surface area contributed by atoms with E-state index in [9.17, 15) is 9.59 Å². The number of aliphatic imine (C=N–C) groups is 1. The van der Waals surface area contributed by atoms with Gasteiger partial charge < -0.3 is 29.3 Å². The van der Waals surface area contributed by atoms with Gasteiger partial charge in [0.05, 0.1) is 18.7 Å². The minimum atomic E-state index is -2.87. The molecule has 9 nitrogen and oxygen atoms in total. The van der Waals surface area contributed by atoms with Crippen LogP contribution in [0.1, 0.15) is 85.8 Å². The molecule has 0 unspecified atom stereocenters. The Balaban J connectivity index is 1.42. The lowest BCUT2D eigenvalue weighted by Gasteiger charge is -2.45. The molecule has 1 fully saturated rings. The fraction of sp³-hybridized carbons (Fsp3) is 0.500. The normalized spacial score (nSPS) is 21.1. The van der Waals surface area contributed by atoms with Crippen molar-refractivity contribution < 1.29 is 28.2 Å². The molecule has 0 radical (unpaired) electrons. The smallest absolute Gasteiger partial charge is 0.410 e. The van der Waals surface area contributed by atoms with Gasteiger partial charge >= 0.3 is 6.09 Å². The third kappa shape index (κ3) is 8.29. The van der Waals surface area contributed by atoms with Crippen LogP contribution >= 0.6 is 0 Å². The SMILES string of the molecule is CO[C@](C)(C(C)=O)[C@H]1CCc2cc(C(N)=N[C@H]3CCN(C(=O)OC(C)(C)C)[C@H](CO[Si](c4ccccc4)(c4ccccc4)C(C)(C)C)C3)ccc2O1. The number of carbonyl (C=O) groups is 2. The van der Waals surface area contributed by atoms with Crippen molar-refractivity contribution in [2.45, 2.75) is 116 Å². The van der Waals surface area contributed by atoms with Crippen molar-refractivity contribution in [1.82, 2.24) is 4.90 Å². The Morgan fingerprint density at radius 3 is 2.08 bits per heavy atom. The predicted octanol–water partition coefficient (Wildman–Crippen LogP) is 6.42. The second-order valence-electron chi connectivity index (χ2n) is 16.3. The third-order valence-electron chi connectivity index (χ3n) is 10.6. The maximum absolute atomic E-state index is 13.7. The number of carbonyl (C=O) groups excluding carboxylic acids is 2. The summed E-state index contributed by atoms with van der Waals surface area (Å²) >= 11 is 0. The number of hydrogen-bond donors (Lipinski definition) is 1. The van der Waals surface area contributed by atoms with Gasteiger partial charge in [0.25, 0.3) is 8.32 Å². The first kappa shape index (κ1) is 39.2. The Morgan fingerprint density at radius 1 is 0.923 bits per heavy atom. The molecular formula is C42H57N3O6Si. The topological polar surface area (TPSA) is 113 Å². The number of ketones is 1. The summed E-state index contributed by atoms with van der Waals surface area (Å²) in [5, 5.41) is 2.15. The van der Waals surface area contributed by atoms with Crippen LogP contribution in [0.4, 0.5) is 4.79 Å². The molecule has 2 N–H and O–H groups in total. The first-order chi connectivity index (χ1) is 24.5. The highest BCUT2D eigenvalue weighted by Gasteiger charge is 2.51. The number of ether oxygens (including phenoxy) is 3. The first-order valence-corrected chi connectivity index (χ1v) is 20.3. The number of fused-ring (bicyclic) bond motifs is 1. The Labute approximate surface area is 311 Å². The fourth-order valence-corrected chi connectivity index (χ4v) is 12.2. The van der Waals surface area contributed by atoms with Crippen molar-refractivity contribution in [2.24, 2.45) is 10.7 Å². The molecule has 0 saturated carbocycles. The number of hydrogen-bond acceptors (Lipinski definition) is 7. The van der Waals surface area contributed by atoms with Gasteiger partial charge in [-0.05, 0) is 99.5 Å². The molecule has 3 aromatic carbocycles. The van der Waals surface area contributed by atoms with Crippen LogP contribution in [0.15, 0.2) is 83.9 Å². The van der Waals surface area contributed by atoms with E-state index in [2.05, 4.69) is 69.3 Å². The maximum Gasteiger partial charge on any atom is 0.410 e. The molecule has 2 aliphatic rings. The van der Waals surface area contributed by atoms with Crippen molar-refractivity contribution in [1.29, 1.82) is 0 Å². The van der Waals surface area contributed by atoms with E-state index in [1.54, 1.807) is 14.0 Å². The molecule has 1 saturated heterocycles. The monoisotopic (exact) mass is 727 g/mol. The van der Waals surface area contributed by atoms with E-state index < -0.39 is 19.5 Å². The largest absolute Gasteiger partial charge is 0.487 e. The molecule has 3 aromatic rings. The molecule has 0 spiro atoms. The van der Waals surface area contributed by atoms with Crippen LogP contribution in [0.2, 0.25) is 5.04 Å². The predicted molar refractivity (Wildman–Crippen MR) is 209 cm³/mol. The van der Waals surface area contributed by atoms with Gasteiger partial charge in [0.1, 0.15) is 23.3 Å². The second kappa shape index (κ2) is 15.5. The van der Waals surface area contributed by atoms with E-state index in [0.717, 1.165) is 23.3 Å². The van der Waals surface area contributed by atoms with Gasteiger partial charge in [-0.25, -0.2) is 4.79 Å². The highest BCUT2D eigenvalue weighted by atomic mass is 28.4. The van der Waals surface area contributed by atoms with E-state index >= 15 is 0 Å². The third-order valence-corrected chi connectivity index (χ3v) is 15.6. The molecule has 2 heterocycles. The molecule has 5 rings (SSSR count). The number of nitrogens with two attached hydrogens (primary N) is 1. The van der Waals surface area contributed by atoms with Gasteiger partial charge in [0.15, 0.2) is 11.4 Å². The fourth-order valence-electron chi connectivity index (χ4n) is 7.56. The summed E-state index contributed by atoms with van der Waals surface area (Å²) in [5.74, 6) is 1.10. The van der Waals surface area contributed by atoms with Crippen molar-refractivity contribution in [3.05, 3.63) is 90.0 Å². The van der Waals surface area contributed by atoms with Crippen LogP contribution in [0, 0.1) is 0 Å². The van der Waals surface area contributed by atoms with Gasteiger partial charge in [0.2, 0.25) is 0 Å². The molecular weight excluding hydrogens is 671 g/mol. The minimum absolute atomic E-state index is 0.0653. The number of likely N-dealkylation sites (tertiary alicyclic amines) is 1. The Kier molecular flexibility index (Phi) is 11.7. The number of Topliss-reactive ketones (excluding diaryl/α,β-unsaturated/α-hetero) is 1. The Bertz CT molecular complexity index is 1700. The highest BCUT2D eigenvalue weighted by molar-refractivity contribution is 6.99. The van der Waals surface area contributed by atoms with Crippen LogP contribution in [0.25, 0.3) is 0 Å². The zero-order valence-electron chi connectivity index (χ0n) is 32.4. The average Bonchev–Trinajstić information content (AvgIpc) is 3.10. The molecule has 0 bridgehead atoms. The summed E-state index contributed by atoms with van der Waals surface area (Å²) in [6, 6.07) is 26.5. The zero-order chi connectivity index (χ0) is 37.9. The van der Waals surface area contributed by atoms with Crippen LogP contribution in [0.5, 0.6) is 5.75 Å². The summed E-state index contributed by atoms with van der Waals surface area (Å²) in [6.45, 7) is 16.5. The quantitative estimate of drug-likeness (QED) is 0.146. The van der Waals surface area contributed by atoms with Gasteiger partial charge in [-0.2, -0.15) is 0 Å². The van der Waals surface area contributed by atoms with Gasteiger partial charge in [0, 0.05) is 19.2 Å². The molecule has 4 atom stereocenters. The van der Waals surface area contributed by atoms with Crippen molar-refractivity contribution in [3.8, 4) is 5.75 Å². The lowest BCUT2D eigenvalue weighted by molar-refractivity contribution is -0.149. The van der Waals surface area contributed by atoms with E-state index in [1.807, 2.05) is 56.0 Å². The zero-order valence-corrected chi connectivity index (χ0v) is 33.4. The van der Waals surface area contributed by atoms with Crippen LogP contribution < -0.4 is 20.8 Å². The van der Waals surface area contributed by atoms with Gasteiger partial charge in [-0.15, -0.1) is 0 Å². The second-order valence-corrected chi connectivity index (χ2v) is 20.6. The van der Waals surface area contributed by atoms with Gasteiger partial charge in [-0.1, -0.05) is 81.4 Å². The van der Waals surface area contributed by atoms with Crippen LogP contribution in [-0.4, -0.2) is 80.6 Å². The van der Waals surface area contributed by atoms with Crippen molar-refractivity contribution >= 4 is 36.4 Å². The number of amides is 1. The van der Waals surface area contributed by atoms with E-state index in [4.69, 9.17) is 29.4 Å². The molecule has 1 amide bonds. The molecule has 10 heteroatoms. The molecule has 52 heavy (non-hydrogen) atoms. The van der Waals surface area contributed by atoms with Crippen LogP contribution in [-0.2, 0) is 25.1 Å². The average molecular weight is 728 g/mol. The summed E-state index contributed by atoms with van der Waals surface area (Å²) in [5.41, 5.74) is 6.90. The first-order valence-electron chi connectivity index (χ1n) is 18.4. The van der Waals surface area contributed by atoms with Crippen molar-refractivity contribution in [3.63, 3.8) is 0 Å². The standard InChI is InChI=1S/C42H57N3O6Si/c1-29(46)42(8,48-9)37-23-21-30-26-31(20-22-36(30)50-37)38(43)44-32-24-25-45(39(47)51-40(2,3)4)33(27-32)28-49-52(41(5,6)7,34-16-12-10-13-17-34)35-18-14-11-15-19-35/h10-20,22,26,32-33,37H,21,23-25,27-28H2,1-9H3,(H2,43,44)/t32-,33-,37+,42+/m0/s1. The van der Waals surface area contributed by atoms with E-state index in [1.165, 1.54) is 17.3 Å². The summed E-state index contributed by atoms with van der Waals surface area (Å²) in [6.07, 6.45) is 1.87. The molecule has 0 aliphatic carbocycles. The number of rotatable bonds is 10. The maximum atomic E-state index is 13.7.